The monoisotopic (exact) mass is 305 g/mol. The van der Waals surface area contributed by atoms with Crippen LogP contribution < -0.4 is 5.73 Å². The van der Waals surface area contributed by atoms with Crippen molar-refractivity contribution in [2.24, 2.45) is 0 Å². The lowest BCUT2D eigenvalue weighted by Crippen LogP contribution is -2.17. The minimum atomic E-state index is -3.80. The van der Waals surface area contributed by atoms with Crippen LogP contribution in [0.15, 0.2) is 59.5 Å². The van der Waals surface area contributed by atoms with Gasteiger partial charge >= 0.3 is 5.97 Å². The van der Waals surface area contributed by atoms with Gasteiger partial charge in [0.15, 0.2) is 9.84 Å². The number of hydrogen-bond donors (Lipinski definition) is 2. The maximum atomic E-state index is 12.7. The molecule has 0 spiro atoms. The summed E-state index contributed by atoms with van der Waals surface area (Å²) in [6.45, 7) is 0. The smallest absolute Gasteiger partial charge is 0.305 e. The van der Waals surface area contributed by atoms with E-state index in [1.807, 2.05) is 0 Å². The van der Waals surface area contributed by atoms with Crippen molar-refractivity contribution in [3.8, 4) is 0 Å². The number of rotatable bonds is 5. The molecule has 0 aromatic heterocycles. The van der Waals surface area contributed by atoms with Crippen molar-refractivity contribution in [1.82, 2.24) is 0 Å². The van der Waals surface area contributed by atoms with Crippen molar-refractivity contribution in [1.29, 1.82) is 0 Å². The molecule has 1 atom stereocenters. The molecule has 0 aliphatic rings. The third-order valence-corrected chi connectivity index (χ3v) is 5.23. The second-order valence-corrected chi connectivity index (χ2v) is 6.74. The number of nitrogens with two attached hydrogens (primary N) is 1. The first-order valence-corrected chi connectivity index (χ1v) is 7.82. The van der Waals surface area contributed by atoms with Gasteiger partial charge in [0.2, 0.25) is 0 Å². The minimum absolute atomic E-state index is 0.0619. The lowest BCUT2D eigenvalue weighted by atomic mass is 10.1. The Labute approximate surface area is 123 Å². The molecule has 6 heteroatoms. The Morgan fingerprint density at radius 2 is 1.62 bits per heavy atom. The number of sulfone groups is 1. The molecule has 0 amide bonds. The Morgan fingerprint density at radius 1 is 1.05 bits per heavy atom. The molecule has 2 aromatic carbocycles. The van der Waals surface area contributed by atoms with Gasteiger partial charge in [-0.25, -0.2) is 8.42 Å². The quantitative estimate of drug-likeness (QED) is 0.826. The molecule has 0 aliphatic carbocycles. The van der Waals surface area contributed by atoms with Crippen molar-refractivity contribution >= 4 is 21.5 Å². The van der Waals surface area contributed by atoms with Gasteiger partial charge in [0, 0.05) is 5.69 Å². The van der Waals surface area contributed by atoms with Crippen LogP contribution in [0.4, 0.5) is 5.69 Å². The molecule has 2 aromatic rings. The number of carboxylic acid groups (broad SMARTS) is 1. The normalized spacial score (nSPS) is 12.8. The Kier molecular flexibility index (Phi) is 4.28. The van der Waals surface area contributed by atoms with Crippen LogP contribution in [0.2, 0.25) is 0 Å². The lowest BCUT2D eigenvalue weighted by Gasteiger charge is -2.16. The van der Waals surface area contributed by atoms with Crippen LogP contribution in [-0.2, 0) is 14.6 Å². The van der Waals surface area contributed by atoms with E-state index >= 15 is 0 Å². The number of hydrogen-bond acceptors (Lipinski definition) is 4. The van der Waals surface area contributed by atoms with Crippen molar-refractivity contribution in [2.45, 2.75) is 16.6 Å². The number of nitrogen functional groups attached to an aromatic ring is 1. The fourth-order valence-electron chi connectivity index (χ4n) is 2.05. The summed E-state index contributed by atoms with van der Waals surface area (Å²) in [6.07, 6.45) is -0.489. The SMILES string of the molecule is Nc1ccc(S(=O)(=O)C(CC(=O)O)c2ccccc2)cc1. The van der Waals surface area contributed by atoms with Gasteiger partial charge in [0.05, 0.1) is 11.3 Å². The summed E-state index contributed by atoms with van der Waals surface area (Å²) in [7, 11) is -3.80. The van der Waals surface area contributed by atoms with E-state index in [-0.39, 0.29) is 4.90 Å². The number of benzene rings is 2. The van der Waals surface area contributed by atoms with Crippen molar-refractivity contribution in [3.05, 3.63) is 60.2 Å². The Hall–Kier alpha value is -2.34. The molecule has 0 saturated heterocycles. The summed E-state index contributed by atoms with van der Waals surface area (Å²) >= 11 is 0. The fraction of sp³-hybridized carbons (Fsp3) is 0.133. The van der Waals surface area contributed by atoms with E-state index in [2.05, 4.69) is 0 Å². The first kappa shape index (κ1) is 15.1. The first-order chi connectivity index (χ1) is 9.91. The average Bonchev–Trinajstić information content (AvgIpc) is 2.46. The predicted octanol–water partition coefficient (Wildman–Crippen LogP) is 2.26. The van der Waals surface area contributed by atoms with Crippen LogP contribution in [-0.4, -0.2) is 19.5 Å². The maximum Gasteiger partial charge on any atom is 0.305 e. The topological polar surface area (TPSA) is 97.5 Å². The van der Waals surface area contributed by atoms with Gasteiger partial charge in [0.1, 0.15) is 5.25 Å². The van der Waals surface area contributed by atoms with E-state index < -0.39 is 27.5 Å². The summed E-state index contributed by atoms with van der Waals surface area (Å²) in [5.41, 5.74) is 6.45. The highest BCUT2D eigenvalue weighted by atomic mass is 32.2. The van der Waals surface area contributed by atoms with Crippen LogP contribution in [0.1, 0.15) is 17.2 Å². The third-order valence-electron chi connectivity index (χ3n) is 3.11. The maximum absolute atomic E-state index is 12.7. The molecule has 0 radical (unpaired) electrons. The molecule has 5 nitrogen and oxygen atoms in total. The van der Waals surface area contributed by atoms with Crippen LogP contribution in [0.3, 0.4) is 0 Å². The highest BCUT2D eigenvalue weighted by molar-refractivity contribution is 7.91. The lowest BCUT2D eigenvalue weighted by molar-refractivity contribution is -0.137. The Bertz CT molecular complexity index is 724. The summed E-state index contributed by atoms with van der Waals surface area (Å²) in [5.74, 6) is -1.16. The van der Waals surface area contributed by atoms with Gasteiger partial charge in [-0.3, -0.25) is 4.79 Å². The molecular weight excluding hydrogens is 290 g/mol. The molecular formula is C15H15NO4S. The first-order valence-electron chi connectivity index (χ1n) is 6.27. The van der Waals surface area contributed by atoms with Gasteiger partial charge in [-0.1, -0.05) is 30.3 Å². The standard InChI is InChI=1S/C15H15NO4S/c16-12-6-8-13(9-7-12)21(19,20)14(10-15(17)18)11-4-2-1-3-5-11/h1-9,14H,10,16H2,(H,17,18). The van der Waals surface area contributed by atoms with E-state index in [0.717, 1.165) is 0 Å². The van der Waals surface area contributed by atoms with Crippen LogP contribution in [0.5, 0.6) is 0 Å². The largest absolute Gasteiger partial charge is 0.481 e. The van der Waals surface area contributed by atoms with E-state index in [0.29, 0.717) is 11.3 Å². The minimum Gasteiger partial charge on any atom is -0.481 e. The molecule has 0 fully saturated rings. The molecule has 1 unspecified atom stereocenters. The van der Waals surface area contributed by atoms with Crippen LogP contribution in [0.25, 0.3) is 0 Å². The van der Waals surface area contributed by atoms with E-state index in [4.69, 9.17) is 10.8 Å². The van der Waals surface area contributed by atoms with Gasteiger partial charge in [-0.15, -0.1) is 0 Å². The van der Waals surface area contributed by atoms with Crippen molar-refractivity contribution < 1.29 is 18.3 Å². The number of carboxylic acids is 1. The van der Waals surface area contributed by atoms with E-state index in [9.17, 15) is 13.2 Å². The Morgan fingerprint density at radius 3 is 2.14 bits per heavy atom. The second kappa shape index (κ2) is 5.97. The third kappa shape index (κ3) is 3.41. The molecule has 0 saturated carbocycles. The molecule has 2 rings (SSSR count). The van der Waals surface area contributed by atoms with E-state index in [1.54, 1.807) is 30.3 Å². The molecule has 0 bridgehead atoms. The van der Waals surface area contributed by atoms with Gasteiger partial charge in [-0.2, -0.15) is 0 Å². The van der Waals surface area contributed by atoms with Crippen molar-refractivity contribution in [3.63, 3.8) is 0 Å². The predicted molar refractivity (Wildman–Crippen MR) is 79.5 cm³/mol. The zero-order valence-corrected chi connectivity index (χ0v) is 12.0. The number of anilines is 1. The van der Waals surface area contributed by atoms with Gasteiger partial charge < -0.3 is 10.8 Å². The molecule has 0 heterocycles. The second-order valence-electron chi connectivity index (χ2n) is 4.61. The molecule has 0 aliphatic heterocycles. The van der Waals surface area contributed by atoms with Gasteiger partial charge in [-0.05, 0) is 29.8 Å². The zero-order valence-electron chi connectivity index (χ0n) is 11.1. The molecule has 110 valence electrons. The van der Waals surface area contributed by atoms with Crippen molar-refractivity contribution in [2.75, 3.05) is 5.73 Å². The van der Waals surface area contributed by atoms with E-state index in [1.165, 1.54) is 24.3 Å². The fourth-order valence-corrected chi connectivity index (χ4v) is 3.78. The van der Waals surface area contributed by atoms with Crippen LogP contribution >= 0.6 is 0 Å². The highest BCUT2D eigenvalue weighted by Gasteiger charge is 2.31. The summed E-state index contributed by atoms with van der Waals surface area (Å²) < 4.78 is 25.4. The molecule has 3 N–H and O–H groups in total. The summed E-state index contributed by atoms with van der Waals surface area (Å²) in [6, 6.07) is 14.1. The molecule has 21 heavy (non-hydrogen) atoms. The summed E-state index contributed by atoms with van der Waals surface area (Å²) in [4.78, 5) is 11.1. The zero-order chi connectivity index (χ0) is 15.5. The number of aliphatic carboxylic acids is 1. The van der Waals surface area contributed by atoms with Gasteiger partial charge in [0.25, 0.3) is 0 Å². The Balaban J connectivity index is 2.49. The van der Waals surface area contributed by atoms with Crippen LogP contribution in [0, 0.1) is 0 Å². The average molecular weight is 305 g/mol. The summed E-state index contributed by atoms with van der Waals surface area (Å²) in [5, 5.41) is 7.89. The number of carbonyl (C=O) groups is 1. The highest BCUT2D eigenvalue weighted by Crippen LogP contribution is 2.32.